The van der Waals surface area contributed by atoms with E-state index in [1.807, 2.05) is 19.4 Å². The van der Waals surface area contributed by atoms with Crippen LogP contribution in [-0.2, 0) is 28.5 Å². The molecule has 2 unspecified atom stereocenters. The number of carbonyl (C=O) groups excluding carboxylic acids is 3. The molecule has 3 amide bonds. The number of nitrogens with two attached hydrogens (primary N) is 1. The summed E-state index contributed by atoms with van der Waals surface area (Å²) in [6.07, 6.45) is 3.35. The summed E-state index contributed by atoms with van der Waals surface area (Å²) in [5.74, 6) is 5.82. The molecule has 13 nitrogen and oxygen atoms in total. The summed E-state index contributed by atoms with van der Waals surface area (Å²) < 4.78 is 29.1. The molecule has 5 N–H and O–H groups in total. The molecule has 1 saturated heterocycles. The van der Waals surface area contributed by atoms with E-state index in [4.69, 9.17) is 29.4 Å². The van der Waals surface area contributed by atoms with Crippen LogP contribution in [0.2, 0.25) is 0 Å². The van der Waals surface area contributed by atoms with E-state index in [-0.39, 0.29) is 68.7 Å². The fourth-order valence-electron chi connectivity index (χ4n) is 4.18. The van der Waals surface area contributed by atoms with Crippen LogP contribution >= 0.6 is 43.2 Å². The van der Waals surface area contributed by atoms with Gasteiger partial charge in [0.15, 0.2) is 5.44 Å². The molecule has 0 aliphatic carbocycles. The van der Waals surface area contributed by atoms with Gasteiger partial charge in [-0.1, -0.05) is 55.2 Å². The highest BCUT2D eigenvalue weighted by atomic mass is 33.1. The van der Waals surface area contributed by atoms with Crippen LogP contribution in [-0.4, -0.2) is 143 Å². The molecule has 1 aromatic carbocycles. The Morgan fingerprint density at radius 2 is 2.00 bits per heavy atom. The Kier molecular flexibility index (Phi) is 22.3. The van der Waals surface area contributed by atoms with E-state index in [1.165, 1.54) is 43.2 Å². The smallest absolute Gasteiger partial charge is 0.262 e. The third kappa shape index (κ3) is 16.3. The highest BCUT2D eigenvalue weighted by Crippen LogP contribution is 2.31. The number of hydrogen-bond acceptors (Lipinski definition) is 14. The van der Waals surface area contributed by atoms with E-state index in [1.54, 1.807) is 36.2 Å². The molecule has 48 heavy (non-hydrogen) atoms. The van der Waals surface area contributed by atoms with Crippen LogP contribution in [0.5, 0.6) is 5.75 Å². The first-order chi connectivity index (χ1) is 23.3. The zero-order valence-corrected chi connectivity index (χ0v) is 31.1. The molecule has 0 bridgehead atoms. The average Bonchev–Trinajstić information content (AvgIpc) is 3.49. The van der Waals surface area contributed by atoms with Crippen molar-refractivity contribution in [2.45, 2.75) is 42.4 Å². The Balaban J connectivity index is 1.65. The Morgan fingerprint density at radius 3 is 2.71 bits per heavy atom. The van der Waals surface area contributed by atoms with Crippen molar-refractivity contribution in [1.82, 2.24) is 15.5 Å². The van der Waals surface area contributed by atoms with Crippen LogP contribution in [0.1, 0.15) is 23.7 Å². The van der Waals surface area contributed by atoms with Crippen molar-refractivity contribution in [3.8, 4) is 17.5 Å². The van der Waals surface area contributed by atoms with Crippen molar-refractivity contribution in [1.29, 1.82) is 0 Å². The molecule has 0 spiro atoms. The van der Waals surface area contributed by atoms with Crippen LogP contribution in [0.4, 0.5) is 0 Å². The highest BCUT2D eigenvalue weighted by molar-refractivity contribution is 8.77. The van der Waals surface area contributed by atoms with Gasteiger partial charge in [-0.25, -0.2) is 0 Å². The third-order valence-electron chi connectivity index (χ3n) is 6.70. The minimum absolute atomic E-state index is 0.126. The fourth-order valence-corrected chi connectivity index (χ4v) is 7.18. The summed E-state index contributed by atoms with van der Waals surface area (Å²) in [6, 6.07) is 6.63. The lowest BCUT2D eigenvalue weighted by Gasteiger charge is -2.26. The molecule has 1 aliphatic rings. The molecule has 0 radical (unpaired) electrons. The van der Waals surface area contributed by atoms with Crippen molar-refractivity contribution in [3.05, 3.63) is 29.8 Å². The molecule has 1 heterocycles. The van der Waals surface area contributed by atoms with Gasteiger partial charge in [0.25, 0.3) is 11.8 Å². The summed E-state index contributed by atoms with van der Waals surface area (Å²) in [5, 5.41) is 15.2. The molecular formula is C30H47BN4O9S4. The molecule has 5 atom stereocenters. The van der Waals surface area contributed by atoms with E-state index in [2.05, 4.69) is 22.4 Å². The minimum Gasteiger partial charge on any atom is -0.490 e. The molecular weight excluding hydrogens is 699 g/mol. The van der Waals surface area contributed by atoms with Crippen LogP contribution in [0.3, 0.4) is 0 Å². The normalized spacial score (nSPS) is 18.2. The number of hydrogen-bond donors (Lipinski definition) is 4. The molecule has 1 aliphatic heterocycles. The van der Waals surface area contributed by atoms with Crippen LogP contribution in [0.15, 0.2) is 24.3 Å². The van der Waals surface area contributed by atoms with E-state index < -0.39 is 17.6 Å². The van der Waals surface area contributed by atoms with E-state index >= 15 is 0 Å². The highest BCUT2D eigenvalue weighted by Gasteiger charge is 2.39. The Labute approximate surface area is 300 Å². The number of likely N-dealkylation sites (N-methyl/N-ethyl adjacent to an activating group) is 1. The summed E-state index contributed by atoms with van der Waals surface area (Å²) in [6.45, 7) is 3.75. The van der Waals surface area contributed by atoms with Crippen molar-refractivity contribution < 1.29 is 43.2 Å². The van der Waals surface area contributed by atoms with E-state index in [9.17, 15) is 19.5 Å². The topological polar surface area (TPSA) is 171 Å². The summed E-state index contributed by atoms with van der Waals surface area (Å²) >= 11 is 0. The quantitative estimate of drug-likeness (QED) is 0.0410. The summed E-state index contributed by atoms with van der Waals surface area (Å²) in [4.78, 5) is 38.6. The Morgan fingerprint density at radius 1 is 1.21 bits per heavy atom. The monoisotopic (exact) mass is 746 g/mol. The molecule has 0 aromatic heterocycles. The van der Waals surface area contributed by atoms with Gasteiger partial charge in [0.2, 0.25) is 13.2 Å². The fraction of sp³-hybridized carbons (Fsp3) is 0.633. The van der Waals surface area contributed by atoms with Crippen LogP contribution < -0.4 is 21.1 Å². The van der Waals surface area contributed by atoms with Gasteiger partial charge in [-0.05, 0) is 44.1 Å². The predicted molar refractivity (Wildman–Crippen MR) is 196 cm³/mol. The van der Waals surface area contributed by atoms with Gasteiger partial charge in [-0.3, -0.25) is 14.4 Å². The number of amides is 3. The number of ether oxygens (including phenoxy) is 5. The molecule has 2 rings (SSSR count). The van der Waals surface area contributed by atoms with Crippen molar-refractivity contribution in [2.24, 2.45) is 5.73 Å². The second-order valence-corrected chi connectivity index (χ2v) is 15.3. The molecule has 0 saturated carbocycles. The zero-order valence-electron chi connectivity index (χ0n) is 27.8. The lowest BCUT2D eigenvalue weighted by atomic mass is 9.71. The standard InChI is InChI=1S/C30H47BN4O9S4/c1-5-35(2)29(39)30(48-46-4)44-23-17-25(43-24(23)18-36)31-10-7-12-33-26(37)19-40-14-15-41-27(47-45-3)20-42-22-9-6-8-21(16-22)28(38)34-13-11-32/h6,8-9,16,23-25,27,30-31,36H,5,11-15,17-20,32H2,1-4H3,(H,33,37)(H,34,38)/t23-,24?,25-,27?,30+/m1/s1. The Bertz CT molecular complexity index is 1180. The molecule has 1 fully saturated rings. The predicted octanol–water partition coefficient (Wildman–Crippen LogP) is 0.946. The van der Waals surface area contributed by atoms with Gasteiger partial charge in [0, 0.05) is 38.2 Å². The lowest BCUT2D eigenvalue weighted by molar-refractivity contribution is -0.141. The van der Waals surface area contributed by atoms with Gasteiger partial charge >= 0.3 is 0 Å². The van der Waals surface area contributed by atoms with Crippen molar-refractivity contribution >= 4 is 68.2 Å². The number of nitrogens with zero attached hydrogens (tertiary/aromatic N) is 1. The van der Waals surface area contributed by atoms with Crippen molar-refractivity contribution in [2.75, 3.05) is 78.8 Å². The molecule has 268 valence electrons. The zero-order chi connectivity index (χ0) is 35.1. The van der Waals surface area contributed by atoms with Gasteiger partial charge in [0.05, 0.1) is 32.5 Å². The van der Waals surface area contributed by atoms with Gasteiger partial charge < -0.3 is 50.1 Å². The first kappa shape index (κ1) is 42.4. The number of benzene rings is 1. The van der Waals surface area contributed by atoms with E-state index in [0.29, 0.717) is 44.6 Å². The van der Waals surface area contributed by atoms with Crippen LogP contribution in [0.25, 0.3) is 0 Å². The maximum Gasteiger partial charge on any atom is 0.262 e. The van der Waals surface area contributed by atoms with Gasteiger partial charge in [-0.15, -0.1) is 0 Å². The Hall–Kier alpha value is -1.79. The first-order valence-electron chi connectivity index (χ1n) is 15.4. The molecule has 1 aromatic rings. The lowest BCUT2D eigenvalue weighted by Crippen LogP contribution is -2.40. The third-order valence-corrected chi connectivity index (χ3v) is 10.4. The maximum atomic E-state index is 12.7. The summed E-state index contributed by atoms with van der Waals surface area (Å²) in [7, 11) is 7.94. The first-order valence-corrected chi connectivity index (χ1v) is 20.7. The minimum atomic E-state index is -0.691. The maximum absolute atomic E-state index is 12.7. The average molecular weight is 747 g/mol. The summed E-state index contributed by atoms with van der Waals surface area (Å²) in [5.41, 5.74) is 4.94. The van der Waals surface area contributed by atoms with Gasteiger partial charge in [-0.2, -0.15) is 5.82 Å². The number of nitrogens with one attached hydrogen (secondary N) is 2. The van der Waals surface area contributed by atoms with Gasteiger partial charge in [0.1, 0.15) is 30.5 Å². The number of aliphatic hydroxyl groups is 1. The number of rotatable bonds is 23. The molecule has 18 heteroatoms. The number of carbonyl (C=O) groups is 3. The second kappa shape index (κ2) is 25.2. The SMILES string of the molecule is CCN(C)C(=O)[C@@H](O[C@@H]1C[C@H](BC#CCNC(=O)COCCOC(COc2cccc(C(=O)NCCN)c2)SSC)OC1CO)SSC. The second-order valence-electron chi connectivity index (χ2n) is 10.2. The van der Waals surface area contributed by atoms with Crippen LogP contribution in [0, 0.1) is 11.7 Å². The van der Waals surface area contributed by atoms with E-state index in [0.717, 1.165) is 0 Å². The number of aliphatic hydroxyl groups excluding tert-OH is 1. The van der Waals surface area contributed by atoms with Crippen molar-refractivity contribution in [3.63, 3.8) is 0 Å². The largest absolute Gasteiger partial charge is 0.490 e.